The first-order valence-corrected chi connectivity index (χ1v) is 7.38. The largest absolute Gasteiger partial charge is 0.351 e. The quantitative estimate of drug-likeness (QED) is 0.601. The fraction of sp³-hybridized carbons (Fsp3) is 0.364. The van der Waals surface area contributed by atoms with Gasteiger partial charge in [-0.1, -0.05) is 0 Å². The predicted molar refractivity (Wildman–Crippen MR) is 72.9 cm³/mol. The number of nitrogens with zero attached hydrogens (tertiary/aromatic N) is 2. The number of amides is 1. The monoisotopic (exact) mass is 319 g/mol. The minimum Gasteiger partial charge on any atom is -0.351 e. The van der Waals surface area contributed by atoms with Crippen molar-refractivity contribution < 1.29 is 22.5 Å². The second-order valence-corrected chi connectivity index (χ2v) is 6.58. The van der Waals surface area contributed by atoms with Crippen LogP contribution in [0.1, 0.15) is 10.4 Å². The molecule has 0 spiro atoms. The summed E-state index contributed by atoms with van der Waals surface area (Å²) < 4.78 is 37.0. The zero-order valence-electron chi connectivity index (χ0n) is 11.4. The van der Waals surface area contributed by atoms with Crippen molar-refractivity contribution in [2.75, 3.05) is 26.4 Å². The fourth-order valence-electron chi connectivity index (χ4n) is 1.42. The van der Waals surface area contributed by atoms with E-state index in [0.29, 0.717) is 0 Å². The van der Waals surface area contributed by atoms with Crippen LogP contribution in [0.5, 0.6) is 0 Å². The molecule has 10 heteroatoms. The molecule has 1 N–H and O–H groups in total. The molecule has 0 aliphatic heterocycles. The second kappa shape index (κ2) is 6.59. The maximum Gasteiger partial charge on any atom is 0.282 e. The molecule has 0 heterocycles. The SMILES string of the molecule is CN(C)S(=O)(=O)CCNC(=O)c1cc(F)ccc1[N+](=O)[O-]. The highest BCUT2D eigenvalue weighted by Gasteiger charge is 2.21. The van der Waals surface area contributed by atoms with Gasteiger partial charge in [0.25, 0.3) is 11.6 Å². The first kappa shape index (κ1) is 17.0. The van der Waals surface area contributed by atoms with E-state index in [-0.39, 0.29) is 12.3 Å². The Morgan fingerprint density at radius 3 is 2.57 bits per heavy atom. The van der Waals surface area contributed by atoms with Crippen molar-refractivity contribution in [2.24, 2.45) is 0 Å². The highest BCUT2D eigenvalue weighted by Crippen LogP contribution is 2.19. The van der Waals surface area contributed by atoms with Crippen molar-refractivity contribution in [3.63, 3.8) is 0 Å². The highest BCUT2D eigenvalue weighted by atomic mass is 32.2. The standard InChI is InChI=1S/C11H14FN3O5S/c1-14(2)21(19,20)6-5-13-11(16)9-7-8(12)3-4-10(9)15(17)18/h3-4,7H,5-6H2,1-2H3,(H,13,16). The van der Waals surface area contributed by atoms with Gasteiger partial charge >= 0.3 is 0 Å². The van der Waals surface area contributed by atoms with E-state index in [2.05, 4.69) is 5.32 Å². The molecule has 0 atom stereocenters. The molecule has 1 rings (SSSR count). The molecule has 8 nitrogen and oxygen atoms in total. The van der Waals surface area contributed by atoms with Crippen LogP contribution in [-0.4, -0.2) is 49.9 Å². The molecule has 0 saturated heterocycles. The molecule has 1 amide bonds. The molecule has 0 radical (unpaired) electrons. The fourth-order valence-corrected chi connectivity index (χ4v) is 2.15. The lowest BCUT2D eigenvalue weighted by Gasteiger charge is -2.11. The molecule has 0 aliphatic rings. The summed E-state index contributed by atoms with van der Waals surface area (Å²) in [6, 6.07) is 2.47. The van der Waals surface area contributed by atoms with Crippen molar-refractivity contribution in [3.8, 4) is 0 Å². The third-order valence-corrected chi connectivity index (χ3v) is 4.43. The third-order valence-electron chi connectivity index (χ3n) is 2.60. The molecule has 0 saturated carbocycles. The van der Waals surface area contributed by atoms with E-state index < -0.39 is 37.9 Å². The smallest absolute Gasteiger partial charge is 0.282 e. The lowest BCUT2D eigenvalue weighted by atomic mass is 10.1. The molecule has 1 aromatic carbocycles. The zero-order valence-corrected chi connectivity index (χ0v) is 12.2. The first-order valence-electron chi connectivity index (χ1n) is 5.77. The maximum absolute atomic E-state index is 13.1. The average molecular weight is 319 g/mol. The molecule has 0 fully saturated rings. The summed E-state index contributed by atoms with van der Waals surface area (Å²) in [6.07, 6.45) is 0. The number of nitro benzene ring substituents is 1. The van der Waals surface area contributed by atoms with E-state index in [9.17, 15) is 27.7 Å². The number of benzene rings is 1. The van der Waals surface area contributed by atoms with Gasteiger partial charge in [-0.15, -0.1) is 0 Å². The Labute approximate surface area is 120 Å². The van der Waals surface area contributed by atoms with Gasteiger partial charge in [0.15, 0.2) is 0 Å². The van der Waals surface area contributed by atoms with Crippen molar-refractivity contribution in [2.45, 2.75) is 0 Å². The molecule has 116 valence electrons. The molecular formula is C11H14FN3O5S. The Balaban J connectivity index is 2.82. The summed E-state index contributed by atoms with van der Waals surface area (Å²) in [5.74, 6) is -2.07. The summed E-state index contributed by atoms with van der Waals surface area (Å²) in [7, 11) is -0.816. The number of hydrogen-bond donors (Lipinski definition) is 1. The van der Waals surface area contributed by atoms with Gasteiger partial charge in [-0.25, -0.2) is 17.1 Å². The lowest BCUT2D eigenvalue weighted by Crippen LogP contribution is -2.34. The predicted octanol–water partition coefficient (Wildman–Crippen LogP) is 0.355. The van der Waals surface area contributed by atoms with Gasteiger partial charge in [-0.2, -0.15) is 0 Å². The molecular weight excluding hydrogens is 305 g/mol. The molecule has 0 unspecified atom stereocenters. The van der Waals surface area contributed by atoms with E-state index in [0.717, 1.165) is 22.5 Å². The number of halogens is 1. The second-order valence-electron chi connectivity index (χ2n) is 4.27. The summed E-state index contributed by atoms with van der Waals surface area (Å²) in [5.41, 5.74) is -1.01. The normalized spacial score (nSPS) is 11.4. The maximum atomic E-state index is 13.1. The number of carbonyl (C=O) groups excluding carboxylic acids is 1. The van der Waals surface area contributed by atoms with E-state index in [1.54, 1.807) is 0 Å². The minimum atomic E-state index is -3.50. The topological polar surface area (TPSA) is 110 Å². The van der Waals surface area contributed by atoms with Crippen molar-refractivity contribution in [1.82, 2.24) is 9.62 Å². The summed E-state index contributed by atoms with van der Waals surface area (Å²) in [4.78, 5) is 21.7. The van der Waals surface area contributed by atoms with Gasteiger partial charge in [0.1, 0.15) is 11.4 Å². The molecule has 0 aliphatic carbocycles. The third kappa shape index (κ3) is 4.46. The van der Waals surface area contributed by atoms with Crippen molar-refractivity contribution in [3.05, 3.63) is 39.7 Å². The Hall–Kier alpha value is -2.07. The molecule has 0 bridgehead atoms. The van der Waals surface area contributed by atoms with Crippen LogP contribution in [0, 0.1) is 15.9 Å². The average Bonchev–Trinajstić information content (AvgIpc) is 2.37. The van der Waals surface area contributed by atoms with Crippen LogP contribution in [0.4, 0.5) is 10.1 Å². The number of carbonyl (C=O) groups is 1. The van der Waals surface area contributed by atoms with Gasteiger partial charge in [0, 0.05) is 26.7 Å². The number of nitrogens with one attached hydrogen (secondary N) is 1. The van der Waals surface area contributed by atoms with E-state index >= 15 is 0 Å². The van der Waals surface area contributed by atoms with Crippen LogP contribution in [0.2, 0.25) is 0 Å². The number of sulfonamides is 1. The van der Waals surface area contributed by atoms with E-state index in [4.69, 9.17) is 0 Å². The zero-order chi connectivity index (χ0) is 16.2. The summed E-state index contributed by atoms with van der Waals surface area (Å²) >= 11 is 0. The Morgan fingerprint density at radius 1 is 1.43 bits per heavy atom. The van der Waals surface area contributed by atoms with E-state index in [1.807, 2.05) is 0 Å². The highest BCUT2D eigenvalue weighted by molar-refractivity contribution is 7.89. The van der Waals surface area contributed by atoms with Crippen LogP contribution in [-0.2, 0) is 10.0 Å². The van der Waals surface area contributed by atoms with Gasteiger partial charge in [0.05, 0.1) is 10.7 Å². The lowest BCUT2D eigenvalue weighted by molar-refractivity contribution is -0.385. The number of hydrogen-bond acceptors (Lipinski definition) is 5. The molecule has 21 heavy (non-hydrogen) atoms. The summed E-state index contributed by atoms with van der Waals surface area (Å²) in [5, 5.41) is 13.0. The first-order chi connectivity index (χ1) is 9.65. The number of rotatable bonds is 6. The number of nitro groups is 1. The van der Waals surface area contributed by atoms with Crippen LogP contribution in [0.25, 0.3) is 0 Å². The van der Waals surface area contributed by atoms with Crippen molar-refractivity contribution >= 4 is 21.6 Å². The van der Waals surface area contributed by atoms with Gasteiger partial charge in [0.2, 0.25) is 10.0 Å². The van der Waals surface area contributed by atoms with Crippen LogP contribution < -0.4 is 5.32 Å². The van der Waals surface area contributed by atoms with E-state index in [1.165, 1.54) is 14.1 Å². The van der Waals surface area contributed by atoms with Crippen LogP contribution in [0.3, 0.4) is 0 Å². The van der Waals surface area contributed by atoms with Crippen LogP contribution in [0.15, 0.2) is 18.2 Å². The Morgan fingerprint density at radius 2 is 2.05 bits per heavy atom. The molecule has 0 aromatic heterocycles. The van der Waals surface area contributed by atoms with Gasteiger partial charge < -0.3 is 5.32 Å². The van der Waals surface area contributed by atoms with Crippen molar-refractivity contribution in [1.29, 1.82) is 0 Å². The van der Waals surface area contributed by atoms with Gasteiger partial charge in [-0.3, -0.25) is 14.9 Å². The Kier molecular flexibility index (Phi) is 5.33. The Bertz CT molecular complexity index is 660. The van der Waals surface area contributed by atoms with Gasteiger partial charge in [-0.05, 0) is 12.1 Å². The minimum absolute atomic E-state index is 0.243. The molecule has 1 aromatic rings. The van der Waals surface area contributed by atoms with Crippen LogP contribution >= 0.6 is 0 Å². The summed E-state index contributed by atoms with van der Waals surface area (Å²) in [6.45, 7) is -0.243.